The van der Waals surface area contributed by atoms with Gasteiger partial charge in [0, 0.05) is 19.2 Å². The van der Waals surface area contributed by atoms with E-state index in [1.807, 2.05) is 6.92 Å². The molecule has 2 rings (SSSR count). The maximum atomic E-state index is 10.9. The molecule has 0 bridgehead atoms. The fourth-order valence-corrected chi connectivity index (χ4v) is 1.92. The number of hydrogen-bond acceptors (Lipinski definition) is 5. The normalized spacial score (nSPS) is 21.4. The highest BCUT2D eigenvalue weighted by Gasteiger charge is 2.32. The van der Waals surface area contributed by atoms with E-state index in [-0.39, 0.29) is 5.69 Å². The molecule has 2 N–H and O–H groups in total. The monoisotopic (exact) mass is 250 g/mol. The van der Waals surface area contributed by atoms with E-state index in [0.717, 1.165) is 13.1 Å². The zero-order chi connectivity index (χ0) is 13.1. The van der Waals surface area contributed by atoms with Crippen LogP contribution < -0.4 is 10.6 Å². The maximum absolute atomic E-state index is 10.9. The van der Waals surface area contributed by atoms with E-state index in [2.05, 4.69) is 22.5 Å². The Morgan fingerprint density at radius 2 is 2.22 bits per heavy atom. The molecule has 18 heavy (non-hydrogen) atoms. The molecular formula is C12H18N4O2. The van der Waals surface area contributed by atoms with Gasteiger partial charge in [0.05, 0.1) is 4.92 Å². The lowest BCUT2D eigenvalue weighted by Crippen LogP contribution is -2.10. The molecule has 98 valence electrons. The molecule has 1 aliphatic carbocycles. The van der Waals surface area contributed by atoms with Gasteiger partial charge in [-0.15, -0.1) is 0 Å². The fraction of sp³-hybridized carbons (Fsp3) is 0.583. The third-order valence-electron chi connectivity index (χ3n) is 3.24. The Labute approximate surface area is 106 Å². The van der Waals surface area contributed by atoms with E-state index in [0.29, 0.717) is 23.5 Å². The summed E-state index contributed by atoms with van der Waals surface area (Å²) >= 11 is 0. The van der Waals surface area contributed by atoms with Crippen molar-refractivity contribution < 1.29 is 4.92 Å². The van der Waals surface area contributed by atoms with Gasteiger partial charge in [0.25, 0.3) is 0 Å². The van der Waals surface area contributed by atoms with E-state index in [1.54, 1.807) is 6.07 Å². The summed E-state index contributed by atoms with van der Waals surface area (Å²) in [6.45, 7) is 5.64. The molecule has 1 aromatic rings. The molecule has 1 aliphatic rings. The SMILES string of the molecule is CCNc1ccc([N+](=O)[O-])c(NCC2CC2C)n1. The van der Waals surface area contributed by atoms with Crippen LogP contribution in [0.5, 0.6) is 0 Å². The van der Waals surface area contributed by atoms with Crippen molar-refractivity contribution >= 4 is 17.3 Å². The predicted octanol–water partition coefficient (Wildman–Crippen LogP) is 2.49. The van der Waals surface area contributed by atoms with Gasteiger partial charge in [-0.1, -0.05) is 6.92 Å². The third kappa shape index (κ3) is 2.88. The Hall–Kier alpha value is -1.85. The molecule has 1 fully saturated rings. The minimum atomic E-state index is -0.401. The molecule has 2 unspecified atom stereocenters. The number of nitrogens with zero attached hydrogens (tertiary/aromatic N) is 2. The average molecular weight is 250 g/mol. The first-order valence-corrected chi connectivity index (χ1v) is 6.25. The smallest absolute Gasteiger partial charge is 0.311 e. The lowest BCUT2D eigenvalue weighted by molar-refractivity contribution is -0.384. The lowest BCUT2D eigenvalue weighted by atomic mass is 10.3. The first kappa shape index (κ1) is 12.6. The topological polar surface area (TPSA) is 80.1 Å². The number of hydrogen-bond donors (Lipinski definition) is 2. The zero-order valence-electron chi connectivity index (χ0n) is 10.6. The van der Waals surface area contributed by atoms with Crippen LogP contribution in [0.4, 0.5) is 17.3 Å². The molecule has 0 radical (unpaired) electrons. The van der Waals surface area contributed by atoms with Crippen LogP contribution in [0.3, 0.4) is 0 Å². The second-order valence-corrected chi connectivity index (χ2v) is 4.71. The predicted molar refractivity (Wildman–Crippen MR) is 70.8 cm³/mol. The number of anilines is 2. The Kier molecular flexibility index (Phi) is 3.64. The summed E-state index contributed by atoms with van der Waals surface area (Å²) in [5, 5.41) is 17.1. The van der Waals surface area contributed by atoms with Crippen molar-refractivity contribution in [3.63, 3.8) is 0 Å². The van der Waals surface area contributed by atoms with Crippen molar-refractivity contribution in [2.45, 2.75) is 20.3 Å². The summed E-state index contributed by atoms with van der Waals surface area (Å²) in [5.74, 6) is 2.36. The summed E-state index contributed by atoms with van der Waals surface area (Å²) < 4.78 is 0. The largest absolute Gasteiger partial charge is 0.370 e. The molecule has 6 nitrogen and oxygen atoms in total. The van der Waals surface area contributed by atoms with Crippen LogP contribution in [-0.4, -0.2) is 23.0 Å². The lowest BCUT2D eigenvalue weighted by Gasteiger charge is -2.08. The molecule has 0 aliphatic heterocycles. The maximum Gasteiger partial charge on any atom is 0.311 e. The van der Waals surface area contributed by atoms with Crippen LogP contribution in [0.1, 0.15) is 20.3 Å². The minimum absolute atomic E-state index is 0.0324. The fourth-order valence-electron chi connectivity index (χ4n) is 1.92. The molecule has 0 amide bonds. The van der Waals surface area contributed by atoms with E-state index in [4.69, 9.17) is 0 Å². The van der Waals surface area contributed by atoms with E-state index < -0.39 is 4.92 Å². The first-order chi connectivity index (χ1) is 8.61. The number of aromatic nitrogens is 1. The van der Waals surface area contributed by atoms with Crippen LogP contribution in [0.2, 0.25) is 0 Å². The van der Waals surface area contributed by atoms with Gasteiger partial charge in [0.1, 0.15) is 5.82 Å². The molecule has 1 saturated carbocycles. The quantitative estimate of drug-likeness (QED) is 0.599. The average Bonchev–Trinajstić information content (AvgIpc) is 3.03. The third-order valence-corrected chi connectivity index (χ3v) is 3.24. The second kappa shape index (κ2) is 5.20. The van der Waals surface area contributed by atoms with Crippen LogP contribution in [0.25, 0.3) is 0 Å². The summed E-state index contributed by atoms with van der Waals surface area (Å²) in [6.07, 6.45) is 1.19. The van der Waals surface area contributed by atoms with Crippen molar-refractivity contribution in [1.82, 2.24) is 4.98 Å². The molecule has 6 heteroatoms. The van der Waals surface area contributed by atoms with Gasteiger partial charge in [-0.05, 0) is 31.2 Å². The summed E-state index contributed by atoms with van der Waals surface area (Å²) in [6, 6.07) is 3.12. The molecule has 0 spiro atoms. The Morgan fingerprint density at radius 3 is 2.78 bits per heavy atom. The van der Waals surface area contributed by atoms with Crippen molar-refractivity contribution in [3.8, 4) is 0 Å². The van der Waals surface area contributed by atoms with Crippen molar-refractivity contribution in [2.24, 2.45) is 11.8 Å². The Bertz CT molecular complexity index is 450. The van der Waals surface area contributed by atoms with Gasteiger partial charge in [-0.2, -0.15) is 0 Å². The molecule has 1 aromatic heterocycles. The van der Waals surface area contributed by atoms with E-state index in [9.17, 15) is 10.1 Å². The van der Waals surface area contributed by atoms with Crippen LogP contribution in [0.15, 0.2) is 12.1 Å². The van der Waals surface area contributed by atoms with E-state index in [1.165, 1.54) is 12.5 Å². The van der Waals surface area contributed by atoms with Crippen LogP contribution in [0, 0.1) is 22.0 Å². The highest BCUT2D eigenvalue weighted by Crippen LogP contribution is 2.38. The van der Waals surface area contributed by atoms with Crippen molar-refractivity contribution in [1.29, 1.82) is 0 Å². The number of rotatable bonds is 6. The van der Waals surface area contributed by atoms with Gasteiger partial charge in [0.2, 0.25) is 5.82 Å². The Morgan fingerprint density at radius 1 is 1.50 bits per heavy atom. The van der Waals surface area contributed by atoms with Crippen LogP contribution >= 0.6 is 0 Å². The number of nitro groups is 1. The highest BCUT2D eigenvalue weighted by atomic mass is 16.6. The zero-order valence-corrected chi connectivity index (χ0v) is 10.6. The van der Waals surface area contributed by atoms with Crippen molar-refractivity contribution in [2.75, 3.05) is 23.7 Å². The van der Waals surface area contributed by atoms with Gasteiger partial charge in [0.15, 0.2) is 0 Å². The number of nitrogens with one attached hydrogen (secondary N) is 2. The Balaban J connectivity index is 2.11. The molecular weight excluding hydrogens is 232 g/mol. The van der Waals surface area contributed by atoms with Gasteiger partial charge >= 0.3 is 5.69 Å². The molecule has 0 aromatic carbocycles. The second-order valence-electron chi connectivity index (χ2n) is 4.71. The molecule has 1 heterocycles. The first-order valence-electron chi connectivity index (χ1n) is 6.25. The standard InChI is InChI=1S/C12H18N4O2/c1-3-13-11-5-4-10(16(17)18)12(15-11)14-7-9-6-8(9)2/h4-5,8-9H,3,6-7H2,1-2H3,(H2,13,14,15). The van der Waals surface area contributed by atoms with E-state index >= 15 is 0 Å². The van der Waals surface area contributed by atoms with Crippen molar-refractivity contribution in [3.05, 3.63) is 22.2 Å². The summed E-state index contributed by atoms with van der Waals surface area (Å²) in [7, 11) is 0. The van der Waals surface area contributed by atoms with Gasteiger partial charge in [-0.25, -0.2) is 4.98 Å². The summed E-state index contributed by atoms with van der Waals surface area (Å²) in [4.78, 5) is 14.8. The molecule has 2 atom stereocenters. The number of pyridine rings is 1. The minimum Gasteiger partial charge on any atom is -0.370 e. The van der Waals surface area contributed by atoms with Gasteiger partial charge in [-0.3, -0.25) is 10.1 Å². The van der Waals surface area contributed by atoms with Gasteiger partial charge < -0.3 is 10.6 Å². The summed E-state index contributed by atoms with van der Waals surface area (Å²) in [5.41, 5.74) is 0.0324. The highest BCUT2D eigenvalue weighted by molar-refractivity contribution is 5.60. The molecule has 0 saturated heterocycles. The van der Waals surface area contributed by atoms with Crippen LogP contribution in [-0.2, 0) is 0 Å².